The van der Waals surface area contributed by atoms with Crippen molar-refractivity contribution in [1.82, 2.24) is 9.62 Å². The molecule has 2 aliphatic rings. The van der Waals surface area contributed by atoms with Crippen LogP contribution in [-0.2, 0) is 21.2 Å². The number of rotatable bonds is 10. The molecule has 12 heteroatoms. The first-order valence-corrected chi connectivity index (χ1v) is 13.1. The number of amides is 1. The Bertz CT molecular complexity index is 947. The number of aliphatic hydroxyl groups is 1. The second kappa shape index (κ2) is 13.1. The van der Waals surface area contributed by atoms with Crippen LogP contribution < -0.4 is 21.5 Å². The topological polar surface area (TPSA) is 163 Å². The lowest BCUT2D eigenvalue weighted by molar-refractivity contribution is -0.134. The van der Waals surface area contributed by atoms with Crippen molar-refractivity contribution in [2.45, 2.75) is 55.9 Å². The maximum absolute atomic E-state index is 13.4. The molecule has 1 aromatic carbocycles. The van der Waals surface area contributed by atoms with Crippen molar-refractivity contribution in [1.29, 1.82) is 0 Å². The van der Waals surface area contributed by atoms with Crippen LogP contribution >= 0.6 is 12.4 Å². The van der Waals surface area contributed by atoms with Gasteiger partial charge in [-0.1, -0.05) is 12.1 Å². The van der Waals surface area contributed by atoms with Gasteiger partial charge in [0, 0.05) is 32.8 Å². The SMILES string of the molecule is Cl.NC(N)=NCCC[C@H](NS(=O)(=O)c1cccc2c1NCCC2)C(=O)N1CCC(CCO)CC1. The van der Waals surface area contributed by atoms with E-state index in [2.05, 4.69) is 15.0 Å². The van der Waals surface area contributed by atoms with Gasteiger partial charge in [0.05, 0.1) is 5.69 Å². The Hall–Kier alpha value is -2.08. The van der Waals surface area contributed by atoms with Gasteiger partial charge in [0.15, 0.2) is 5.96 Å². The van der Waals surface area contributed by atoms with Crippen molar-refractivity contribution in [3.05, 3.63) is 23.8 Å². The molecular weight excluding hydrogens is 480 g/mol. The monoisotopic (exact) mass is 516 g/mol. The third-order valence-corrected chi connectivity index (χ3v) is 7.85. The van der Waals surface area contributed by atoms with E-state index in [4.69, 9.17) is 11.5 Å². The standard InChI is InChI=1S/C22H36N6O4S.ClH/c23-22(24)26-12-3-6-18(21(30)28-13-8-16(9-14-28)10-15-29)27-33(31,32)19-7-1-4-17-5-2-11-25-20(17)19;/h1,4,7,16,18,25,27,29H,2-3,5-6,8-15H2,(H4,23,24,26);1H/t18-;/m0./s1. The maximum atomic E-state index is 13.4. The number of nitrogens with two attached hydrogens (primary N) is 2. The average molecular weight is 517 g/mol. The van der Waals surface area contributed by atoms with Crippen LogP contribution in [0, 0.1) is 5.92 Å². The molecule has 1 aromatic rings. The van der Waals surface area contributed by atoms with Gasteiger partial charge in [0.2, 0.25) is 15.9 Å². The molecule has 2 heterocycles. The minimum Gasteiger partial charge on any atom is -0.396 e. The Labute approximate surface area is 208 Å². The van der Waals surface area contributed by atoms with Crippen LogP contribution in [-0.4, -0.2) is 69.1 Å². The molecule has 2 aliphatic heterocycles. The van der Waals surface area contributed by atoms with Crippen molar-refractivity contribution in [3.63, 3.8) is 0 Å². The summed E-state index contributed by atoms with van der Waals surface area (Å²) < 4.78 is 29.4. The van der Waals surface area contributed by atoms with Crippen molar-refractivity contribution in [2.24, 2.45) is 22.4 Å². The van der Waals surface area contributed by atoms with Gasteiger partial charge in [0.25, 0.3) is 0 Å². The molecule has 10 nitrogen and oxygen atoms in total. The number of guanidine groups is 1. The normalized spacial score (nSPS) is 17.1. The zero-order valence-electron chi connectivity index (χ0n) is 19.4. The van der Waals surface area contributed by atoms with E-state index >= 15 is 0 Å². The molecule has 1 amide bonds. The summed E-state index contributed by atoms with van der Waals surface area (Å²) in [4.78, 5) is 19.2. The number of anilines is 1. The molecular formula is C22H37ClN6O4S. The molecule has 1 fully saturated rings. The number of aliphatic imine (C=N–C) groups is 1. The number of nitrogens with zero attached hydrogens (tertiary/aromatic N) is 2. The number of likely N-dealkylation sites (tertiary alicyclic amines) is 1. The largest absolute Gasteiger partial charge is 0.396 e. The highest BCUT2D eigenvalue weighted by Gasteiger charge is 2.32. The predicted molar refractivity (Wildman–Crippen MR) is 136 cm³/mol. The van der Waals surface area contributed by atoms with Crippen LogP contribution in [0.15, 0.2) is 28.1 Å². The summed E-state index contributed by atoms with van der Waals surface area (Å²) in [6.45, 7) is 2.27. The molecule has 3 rings (SSSR count). The molecule has 0 spiro atoms. The molecule has 1 saturated heterocycles. The molecule has 0 saturated carbocycles. The number of hydrogen-bond acceptors (Lipinski definition) is 6. The van der Waals surface area contributed by atoms with Crippen LogP contribution in [0.25, 0.3) is 0 Å². The Kier molecular flexibility index (Phi) is 10.9. The molecule has 0 radical (unpaired) electrons. The van der Waals surface area contributed by atoms with E-state index in [1.165, 1.54) is 0 Å². The summed E-state index contributed by atoms with van der Waals surface area (Å²) in [5.74, 6) is 0.118. The summed E-state index contributed by atoms with van der Waals surface area (Å²) in [7, 11) is -3.94. The van der Waals surface area contributed by atoms with E-state index in [9.17, 15) is 18.3 Å². The number of sulfonamides is 1. The van der Waals surface area contributed by atoms with Crippen molar-refractivity contribution >= 4 is 40.0 Å². The highest BCUT2D eigenvalue weighted by molar-refractivity contribution is 7.89. The summed E-state index contributed by atoms with van der Waals surface area (Å²) in [6.07, 6.45) is 4.84. The zero-order valence-corrected chi connectivity index (χ0v) is 21.0. The van der Waals surface area contributed by atoms with Crippen LogP contribution in [0.4, 0.5) is 5.69 Å². The smallest absolute Gasteiger partial charge is 0.243 e. The minimum atomic E-state index is -3.94. The van der Waals surface area contributed by atoms with Crippen molar-refractivity contribution in [2.75, 3.05) is 38.1 Å². The molecule has 34 heavy (non-hydrogen) atoms. The number of fused-ring (bicyclic) bond motifs is 1. The number of para-hydroxylation sites is 1. The lowest BCUT2D eigenvalue weighted by Gasteiger charge is -2.34. The first-order valence-electron chi connectivity index (χ1n) is 11.6. The van der Waals surface area contributed by atoms with E-state index in [-0.39, 0.29) is 42.2 Å². The summed E-state index contributed by atoms with van der Waals surface area (Å²) in [5.41, 5.74) is 12.3. The molecule has 0 unspecified atom stereocenters. The second-order valence-corrected chi connectivity index (χ2v) is 10.4. The van der Waals surface area contributed by atoms with E-state index < -0.39 is 16.1 Å². The van der Waals surface area contributed by atoms with Crippen LogP contribution in [0.1, 0.15) is 44.1 Å². The number of benzene rings is 1. The van der Waals surface area contributed by atoms with E-state index in [0.29, 0.717) is 44.2 Å². The molecule has 0 aromatic heterocycles. The fourth-order valence-corrected chi connectivity index (χ4v) is 5.98. The molecule has 0 aliphatic carbocycles. The van der Waals surface area contributed by atoms with Crippen LogP contribution in [0.5, 0.6) is 0 Å². The fourth-order valence-electron chi connectivity index (χ4n) is 4.53. The first-order chi connectivity index (χ1) is 15.8. The van der Waals surface area contributed by atoms with Gasteiger partial charge >= 0.3 is 0 Å². The van der Waals surface area contributed by atoms with Crippen molar-refractivity contribution < 1.29 is 18.3 Å². The van der Waals surface area contributed by atoms with E-state index in [0.717, 1.165) is 37.7 Å². The second-order valence-electron chi connectivity index (χ2n) is 8.72. The number of piperidine rings is 1. The van der Waals surface area contributed by atoms with Gasteiger partial charge in [-0.2, -0.15) is 4.72 Å². The lowest BCUT2D eigenvalue weighted by atomic mass is 9.93. The number of carbonyl (C=O) groups is 1. The summed E-state index contributed by atoms with van der Waals surface area (Å²) in [6, 6.07) is 4.33. The molecule has 1 atom stereocenters. The molecule has 192 valence electrons. The highest BCUT2D eigenvalue weighted by Crippen LogP contribution is 2.30. The fraction of sp³-hybridized carbons (Fsp3) is 0.636. The minimum absolute atomic E-state index is 0. The van der Waals surface area contributed by atoms with E-state index in [1.54, 1.807) is 17.0 Å². The maximum Gasteiger partial charge on any atom is 0.243 e. The van der Waals surface area contributed by atoms with Gasteiger partial charge in [-0.25, -0.2) is 8.42 Å². The first kappa shape index (κ1) is 28.2. The van der Waals surface area contributed by atoms with Crippen molar-refractivity contribution in [3.8, 4) is 0 Å². The quantitative estimate of drug-likeness (QED) is 0.174. The van der Waals surface area contributed by atoms with E-state index in [1.807, 2.05) is 6.07 Å². The third-order valence-electron chi connectivity index (χ3n) is 6.33. The van der Waals surface area contributed by atoms with Gasteiger partial charge < -0.3 is 26.8 Å². The number of carbonyl (C=O) groups excluding carboxylic acids is 1. The average Bonchev–Trinajstić information content (AvgIpc) is 2.80. The number of aliphatic hydroxyl groups excluding tert-OH is 1. The third kappa shape index (κ3) is 7.46. The summed E-state index contributed by atoms with van der Waals surface area (Å²) >= 11 is 0. The Balaban J connectivity index is 0.00000408. The Morgan fingerprint density at radius 2 is 2.03 bits per heavy atom. The Morgan fingerprint density at radius 1 is 1.29 bits per heavy atom. The lowest BCUT2D eigenvalue weighted by Crippen LogP contribution is -2.50. The van der Waals surface area contributed by atoms with Crippen LogP contribution in [0.3, 0.4) is 0 Å². The summed E-state index contributed by atoms with van der Waals surface area (Å²) in [5, 5.41) is 12.4. The number of halogens is 1. The highest BCUT2D eigenvalue weighted by atomic mass is 35.5. The van der Waals surface area contributed by atoms with Crippen LogP contribution in [0.2, 0.25) is 0 Å². The number of hydrogen-bond donors (Lipinski definition) is 5. The van der Waals surface area contributed by atoms with Gasteiger partial charge in [-0.15, -0.1) is 12.4 Å². The predicted octanol–water partition coefficient (Wildman–Crippen LogP) is 0.788. The Morgan fingerprint density at radius 3 is 2.71 bits per heavy atom. The number of nitrogens with one attached hydrogen (secondary N) is 2. The number of aryl methyl sites for hydroxylation is 1. The van der Waals surface area contributed by atoms with Gasteiger partial charge in [-0.3, -0.25) is 9.79 Å². The molecule has 0 bridgehead atoms. The molecule has 7 N–H and O–H groups in total. The van der Waals surface area contributed by atoms with Gasteiger partial charge in [-0.05, 0) is 62.5 Å². The zero-order chi connectivity index (χ0) is 23.8. The van der Waals surface area contributed by atoms with Gasteiger partial charge in [0.1, 0.15) is 10.9 Å².